The van der Waals surface area contributed by atoms with Gasteiger partial charge in [-0.15, -0.1) is 4.13 Å². The third-order valence-electron chi connectivity index (χ3n) is 2.12. The van der Waals surface area contributed by atoms with E-state index < -0.39 is 44.6 Å². The van der Waals surface area contributed by atoms with Crippen molar-refractivity contribution >= 4 is 29.9 Å². The molecule has 1 aliphatic rings. The first-order valence-corrected chi connectivity index (χ1v) is 9.03. The molecule has 0 radical (unpaired) electrons. The summed E-state index contributed by atoms with van der Waals surface area (Å²) in [6, 6.07) is 3.26. The van der Waals surface area contributed by atoms with Crippen LogP contribution >= 0.6 is 0 Å². The van der Waals surface area contributed by atoms with Gasteiger partial charge >= 0.3 is 0 Å². The molecule has 0 saturated carbocycles. The average molecular weight is 297 g/mol. The van der Waals surface area contributed by atoms with Crippen molar-refractivity contribution in [1.82, 2.24) is 4.13 Å². The number of rotatable bonds is 1. The predicted octanol–water partition coefficient (Wildman–Crippen LogP) is -0.929. The molecule has 0 amide bonds. The van der Waals surface area contributed by atoms with E-state index in [1.165, 1.54) is 10.2 Å². The number of sulfone groups is 1. The molecule has 1 N–H and O–H groups in total. The molecular formula is C7H7NO6S3. The van der Waals surface area contributed by atoms with E-state index in [-0.39, 0.29) is 0 Å². The van der Waals surface area contributed by atoms with Crippen LogP contribution in [0.4, 0.5) is 0 Å². The van der Waals surface area contributed by atoms with Gasteiger partial charge in [-0.1, -0.05) is 6.07 Å². The van der Waals surface area contributed by atoms with Gasteiger partial charge in [0.05, 0.1) is 4.90 Å². The van der Waals surface area contributed by atoms with Crippen LogP contribution in [0.15, 0.2) is 32.9 Å². The number of fused-ring (bicyclic) bond motifs is 1. The van der Waals surface area contributed by atoms with Crippen LogP contribution in [-0.2, 0) is 29.9 Å². The first-order chi connectivity index (χ1) is 7.56. The molecule has 0 aromatic heterocycles. The van der Waals surface area contributed by atoms with Crippen LogP contribution in [0.25, 0.3) is 0 Å². The van der Waals surface area contributed by atoms with E-state index in [4.69, 9.17) is 0 Å². The normalized spacial score (nSPS) is 21.0. The van der Waals surface area contributed by atoms with Gasteiger partial charge in [0.1, 0.15) is 9.79 Å². The Kier molecular flexibility index (Phi) is 2.41. The number of sulfonamides is 2. The average Bonchev–Trinajstić information content (AvgIpc) is 2.31. The summed E-state index contributed by atoms with van der Waals surface area (Å²) in [7, 11) is -12.4. The second-order valence-electron chi connectivity index (χ2n) is 3.45. The molecule has 0 aliphatic carbocycles. The summed E-state index contributed by atoms with van der Waals surface area (Å²) in [5.74, 6) is 0. The van der Waals surface area contributed by atoms with Gasteiger partial charge in [0.15, 0.2) is 9.84 Å². The van der Waals surface area contributed by atoms with Gasteiger partial charge < -0.3 is 0 Å². The lowest BCUT2D eigenvalue weighted by Crippen LogP contribution is -2.22. The van der Waals surface area contributed by atoms with Crippen molar-refractivity contribution in [1.29, 1.82) is 0 Å². The lowest BCUT2D eigenvalue weighted by molar-refractivity contribution is 0.582. The van der Waals surface area contributed by atoms with E-state index in [9.17, 15) is 25.3 Å². The highest BCUT2D eigenvalue weighted by atomic mass is 32.3. The highest BCUT2D eigenvalue weighted by Gasteiger charge is 2.41. The molecule has 1 heterocycles. The Morgan fingerprint density at radius 1 is 1.06 bits per heavy atom. The summed E-state index contributed by atoms with van der Waals surface area (Å²) >= 11 is 0. The molecule has 17 heavy (non-hydrogen) atoms. The van der Waals surface area contributed by atoms with Crippen molar-refractivity contribution in [3.05, 3.63) is 18.2 Å². The smallest absolute Gasteiger partial charge is 0.224 e. The molecule has 2 rings (SSSR count). The maximum Gasteiger partial charge on any atom is 0.256 e. The number of hydrogen-bond donors (Lipinski definition) is 1. The maximum atomic E-state index is 11.6. The Bertz CT molecular complexity index is 803. The molecule has 7 nitrogen and oxygen atoms in total. The van der Waals surface area contributed by atoms with E-state index in [0.29, 0.717) is 0 Å². The fraction of sp³-hybridized carbons (Fsp3) is 0.143. The minimum atomic E-state index is -4.34. The van der Waals surface area contributed by atoms with Crippen molar-refractivity contribution in [2.45, 2.75) is 14.7 Å². The number of benzene rings is 1. The van der Waals surface area contributed by atoms with Crippen molar-refractivity contribution < 1.29 is 25.3 Å². The van der Waals surface area contributed by atoms with E-state index in [1.54, 1.807) is 0 Å². The largest absolute Gasteiger partial charge is 0.256 e. The molecule has 1 aliphatic heterocycles. The molecule has 0 bridgehead atoms. The number of hydrogen-bond acceptors (Lipinski definition) is 6. The second-order valence-corrected chi connectivity index (χ2v) is 8.96. The zero-order valence-electron chi connectivity index (χ0n) is 8.41. The van der Waals surface area contributed by atoms with Gasteiger partial charge in [-0.2, -0.15) is 0 Å². The quantitative estimate of drug-likeness (QED) is 0.716. The molecule has 0 saturated heterocycles. The van der Waals surface area contributed by atoms with Crippen molar-refractivity contribution in [2.75, 3.05) is 6.26 Å². The third-order valence-corrected chi connectivity index (χ3v) is 7.17. The standard InChI is InChI=1S/C7H7NO6S3/c1-15(9,10)5-3-2-4-6-7(5)17(13,14)8-16(6,11)12/h2-4,8H,1H3. The summed E-state index contributed by atoms with van der Waals surface area (Å²) in [5, 5.41) is 0. The maximum absolute atomic E-state index is 11.6. The highest BCUT2D eigenvalue weighted by molar-refractivity contribution is 8.07. The van der Waals surface area contributed by atoms with E-state index in [2.05, 4.69) is 0 Å². The monoisotopic (exact) mass is 297 g/mol. The fourth-order valence-electron chi connectivity index (χ4n) is 1.50. The first kappa shape index (κ1) is 12.5. The van der Waals surface area contributed by atoms with Crippen LogP contribution in [0.5, 0.6) is 0 Å². The molecule has 0 atom stereocenters. The lowest BCUT2D eigenvalue weighted by Gasteiger charge is -2.02. The van der Waals surface area contributed by atoms with Gasteiger partial charge in [0.25, 0.3) is 20.0 Å². The Morgan fingerprint density at radius 2 is 1.65 bits per heavy atom. The molecule has 0 fully saturated rings. The van der Waals surface area contributed by atoms with Gasteiger partial charge in [-0.3, -0.25) is 0 Å². The second kappa shape index (κ2) is 3.28. The fourth-order valence-corrected chi connectivity index (χ4v) is 6.90. The molecule has 94 valence electrons. The van der Waals surface area contributed by atoms with Crippen LogP contribution in [0.1, 0.15) is 0 Å². The molecule has 10 heteroatoms. The molecule has 1 aromatic rings. The molecule has 0 spiro atoms. The van der Waals surface area contributed by atoms with Crippen LogP contribution < -0.4 is 4.13 Å². The van der Waals surface area contributed by atoms with Gasteiger partial charge in [0.2, 0.25) is 0 Å². The lowest BCUT2D eigenvalue weighted by atomic mass is 10.4. The van der Waals surface area contributed by atoms with Crippen molar-refractivity contribution in [3.8, 4) is 0 Å². The first-order valence-electron chi connectivity index (χ1n) is 4.17. The van der Waals surface area contributed by atoms with Gasteiger partial charge in [-0.25, -0.2) is 25.3 Å². The van der Waals surface area contributed by atoms with Crippen molar-refractivity contribution in [2.24, 2.45) is 0 Å². The van der Waals surface area contributed by atoms with E-state index in [0.717, 1.165) is 18.4 Å². The highest BCUT2D eigenvalue weighted by Crippen LogP contribution is 2.33. The van der Waals surface area contributed by atoms with Crippen LogP contribution in [0.3, 0.4) is 0 Å². The Labute approximate surface area is 98.5 Å². The minimum Gasteiger partial charge on any atom is -0.224 e. The van der Waals surface area contributed by atoms with Gasteiger partial charge in [0, 0.05) is 6.26 Å². The van der Waals surface area contributed by atoms with Gasteiger partial charge in [-0.05, 0) is 12.1 Å². The van der Waals surface area contributed by atoms with Crippen LogP contribution in [0.2, 0.25) is 0 Å². The van der Waals surface area contributed by atoms with Crippen molar-refractivity contribution in [3.63, 3.8) is 0 Å². The summed E-state index contributed by atoms with van der Waals surface area (Å²) in [5.41, 5.74) is 0. The Balaban J connectivity index is 3.05. The summed E-state index contributed by atoms with van der Waals surface area (Å²) < 4.78 is 70.3. The molecule has 0 unspecified atom stereocenters. The van der Waals surface area contributed by atoms with E-state index in [1.807, 2.05) is 0 Å². The predicted molar refractivity (Wildman–Crippen MR) is 57.1 cm³/mol. The molecule has 1 aromatic carbocycles. The summed E-state index contributed by atoms with van der Waals surface area (Å²) in [6.07, 6.45) is 0.809. The zero-order valence-corrected chi connectivity index (χ0v) is 10.9. The SMILES string of the molecule is CS(=O)(=O)c1cccc2c1S(=O)(=O)NS2(=O)=O. The van der Waals surface area contributed by atoms with E-state index >= 15 is 0 Å². The number of nitrogens with one attached hydrogen (secondary N) is 1. The third kappa shape index (κ3) is 1.86. The van der Waals surface area contributed by atoms with Crippen LogP contribution in [-0.4, -0.2) is 31.5 Å². The minimum absolute atomic E-state index is 0.524. The molecular weight excluding hydrogens is 290 g/mol. The zero-order chi connectivity index (χ0) is 13.1. The Morgan fingerprint density at radius 3 is 2.18 bits per heavy atom. The topological polar surface area (TPSA) is 114 Å². The van der Waals surface area contributed by atoms with Crippen LogP contribution in [0, 0.1) is 0 Å². The summed E-state index contributed by atoms with van der Waals surface area (Å²) in [6.45, 7) is 0. The summed E-state index contributed by atoms with van der Waals surface area (Å²) in [4.78, 5) is -1.77. The Hall–Kier alpha value is -0.970.